The predicted molar refractivity (Wildman–Crippen MR) is 99.2 cm³/mol. The van der Waals surface area contributed by atoms with Crippen LogP contribution in [0.5, 0.6) is 0 Å². The van der Waals surface area contributed by atoms with Crippen LogP contribution in [0, 0.1) is 0 Å². The number of nitrogens with zero attached hydrogens (tertiary/aromatic N) is 1. The zero-order chi connectivity index (χ0) is 21.5. The van der Waals surface area contributed by atoms with Gasteiger partial charge in [-0.25, -0.2) is 0 Å². The van der Waals surface area contributed by atoms with Gasteiger partial charge in [-0.1, -0.05) is 29.4 Å². The number of hydrogen-bond donors (Lipinski definition) is 1. The smallest absolute Gasteiger partial charge is 0.354 e. The van der Waals surface area contributed by atoms with Crippen molar-refractivity contribution < 1.29 is 30.9 Å². The van der Waals surface area contributed by atoms with Crippen molar-refractivity contribution in [3.63, 3.8) is 0 Å². The maximum absolute atomic E-state index is 13.3. The lowest BCUT2D eigenvalue weighted by Crippen LogP contribution is -2.06. The van der Waals surface area contributed by atoms with E-state index in [-0.39, 0.29) is 17.0 Å². The zero-order valence-electron chi connectivity index (χ0n) is 15.0. The summed E-state index contributed by atoms with van der Waals surface area (Å²) in [5, 5.41) is 7.16. The van der Waals surface area contributed by atoms with E-state index >= 15 is 0 Å². The number of benzene rings is 3. The van der Waals surface area contributed by atoms with Crippen molar-refractivity contribution in [2.75, 3.05) is 5.32 Å². The number of fused-ring (bicyclic) bond motifs is 1. The molecule has 30 heavy (non-hydrogen) atoms. The third-order valence-electron chi connectivity index (χ3n) is 4.49. The van der Waals surface area contributed by atoms with Crippen molar-refractivity contribution in [1.82, 2.24) is 5.16 Å². The fourth-order valence-corrected chi connectivity index (χ4v) is 3.06. The molecule has 0 atom stereocenters. The van der Waals surface area contributed by atoms with Gasteiger partial charge >= 0.3 is 12.4 Å². The van der Waals surface area contributed by atoms with Gasteiger partial charge in [0.05, 0.1) is 16.5 Å². The number of rotatable bonds is 3. The van der Waals surface area contributed by atoms with E-state index in [0.29, 0.717) is 16.6 Å². The molecule has 1 aromatic heterocycles. The van der Waals surface area contributed by atoms with Gasteiger partial charge < -0.3 is 9.84 Å². The number of anilines is 2. The Hall–Kier alpha value is -3.49. The van der Waals surface area contributed by atoms with E-state index in [0.717, 1.165) is 18.2 Å². The molecule has 0 amide bonds. The van der Waals surface area contributed by atoms with Gasteiger partial charge in [-0.05, 0) is 53.6 Å². The van der Waals surface area contributed by atoms with Crippen molar-refractivity contribution in [3.8, 4) is 11.1 Å². The Morgan fingerprint density at radius 2 is 1.47 bits per heavy atom. The second kappa shape index (κ2) is 7.08. The minimum Gasteiger partial charge on any atom is -0.354 e. The maximum Gasteiger partial charge on any atom is 0.417 e. The SMILES string of the molecule is FC(F)(F)c1ccc(Nc2noc3cc(-c4ccccc4C(F)(F)F)ccc23)cc1. The molecule has 154 valence electrons. The van der Waals surface area contributed by atoms with Gasteiger partial charge in [-0.15, -0.1) is 0 Å². The van der Waals surface area contributed by atoms with E-state index in [1.165, 1.54) is 42.5 Å². The van der Waals surface area contributed by atoms with Crippen LogP contribution >= 0.6 is 0 Å². The van der Waals surface area contributed by atoms with Crippen LogP contribution in [-0.2, 0) is 12.4 Å². The largest absolute Gasteiger partial charge is 0.417 e. The van der Waals surface area contributed by atoms with Crippen LogP contribution in [0.25, 0.3) is 22.1 Å². The first-order valence-electron chi connectivity index (χ1n) is 8.63. The lowest BCUT2D eigenvalue weighted by atomic mass is 9.98. The molecule has 0 saturated carbocycles. The Labute approximate surface area is 165 Å². The summed E-state index contributed by atoms with van der Waals surface area (Å²) in [7, 11) is 0. The van der Waals surface area contributed by atoms with Crippen LogP contribution in [0.2, 0.25) is 0 Å². The normalized spacial score (nSPS) is 12.3. The molecular weight excluding hydrogens is 410 g/mol. The Kier molecular flexibility index (Phi) is 4.68. The minimum atomic E-state index is -4.51. The fraction of sp³-hybridized carbons (Fsp3) is 0.0952. The van der Waals surface area contributed by atoms with Crippen molar-refractivity contribution in [2.24, 2.45) is 0 Å². The van der Waals surface area contributed by atoms with Crippen LogP contribution in [0.1, 0.15) is 11.1 Å². The van der Waals surface area contributed by atoms with Crippen molar-refractivity contribution >= 4 is 22.5 Å². The molecule has 3 nitrogen and oxygen atoms in total. The molecule has 0 radical (unpaired) electrons. The molecule has 0 spiro atoms. The summed E-state index contributed by atoms with van der Waals surface area (Å²) in [6.07, 6.45) is -8.95. The van der Waals surface area contributed by atoms with Crippen LogP contribution < -0.4 is 5.32 Å². The van der Waals surface area contributed by atoms with Gasteiger partial charge in [0.25, 0.3) is 0 Å². The second-order valence-electron chi connectivity index (χ2n) is 6.49. The first-order valence-corrected chi connectivity index (χ1v) is 8.63. The Morgan fingerprint density at radius 3 is 2.13 bits per heavy atom. The fourth-order valence-electron chi connectivity index (χ4n) is 3.06. The van der Waals surface area contributed by atoms with Crippen molar-refractivity contribution in [1.29, 1.82) is 0 Å². The molecule has 0 unspecified atom stereocenters. The van der Waals surface area contributed by atoms with Crippen molar-refractivity contribution in [2.45, 2.75) is 12.4 Å². The highest BCUT2D eigenvalue weighted by Gasteiger charge is 2.33. The molecule has 9 heteroatoms. The average Bonchev–Trinajstić information content (AvgIpc) is 3.09. The lowest BCUT2D eigenvalue weighted by molar-refractivity contribution is -0.138. The molecule has 3 aromatic carbocycles. The molecule has 4 rings (SSSR count). The van der Waals surface area contributed by atoms with Gasteiger partial charge in [0.15, 0.2) is 11.4 Å². The first kappa shape index (κ1) is 19.8. The van der Waals surface area contributed by atoms with Crippen LogP contribution in [-0.4, -0.2) is 5.16 Å². The van der Waals surface area contributed by atoms with Gasteiger partial charge in [-0.2, -0.15) is 26.3 Å². The second-order valence-corrected chi connectivity index (χ2v) is 6.49. The highest BCUT2D eigenvalue weighted by Crippen LogP contribution is 2.38. The Balaban J connectivity index is 1.66. The molecule has 0 aliphatic rings. The van der Waals surface area contributed by atoms with Crippen molar-refractivity contribution in [3.05, 3.63) is 77.9 Å². The molecular formula is C21H12F6N2O. The maximum atomic E-state index is 13.3. The molecule has 0 bridgehead atoms. The highest BCUT2D eigenvalue weighted by molar-refractivity contribution is 5.93. The van der Waals surface area contributed by atoms with Crippen LogP contribution in [0.4, 0.5) is 37.8 Å². The highest BCUT2D eigenvalue weighted by atomic mass is 19.4. The molecule has 0 fully saturated rings. The number of alkyl halides is 6. The summed E-state index contributed by atoms with van der Waals surface area (Å²) in [6.45, 7) is 0. The number of nitrogens with one attached hydrogen (secondary N) is 1. The minimum absolute atomic E-state index is 0.000508. The summed E-state index contributed by atoms with van der Waals surface area (Å²) in [6, 6.07) is 14.0. The monoisotopic (exact) mass is 422 g/mol. The standard InChI is InChI=1S/C21H12F6N2O/c22-20(23,24)13-6-8-14(9-7-13)28-19-16-10-5-12(11-18(16)30-29-19)15-3-1-2-4-17(15)21(25,26)27/h1-11H,(H,28,29). The van der Waals surface area contributed by atoms with Crippen LogP contribution in [0.15, 0.2) is 71.3 Å². The molecule has 0 aliphatic carbocycles. The summed E-state index contributed by atoms with van der Waals surface area (Å²) in [5.41, 5.74) is -0.671. The summed E-state index contributed by atoms with van der Waals surface area (Å²) in [5.74, 6) is 0.236. The Bertz CT molecular complexity index is 1190. The zero-order valence-corrected chi connectivity index (χ0v) is 15.0. The number of hydrogen-bond acceptors (Lipinski definition) is 3. The topological polar surface area (TPSA) is 38.1 Å². The van der Waals surface area contributed by atoms with Gasteiger partial charge in [-0.3, -0.25) is 0 Å². The molecule has 0 aliphatic heterocycles. The van der Waals surface area contributed by atoms with E-state index in [1.54, 1.807) is 6.07 Å². The summed E-state index contributed by atoms with van der Waals surface area (Å²) in [4.78, 5) is 0. The van der Waals surface area contributed by atoms with E-state index in [9.17, 15) is 26.3 Å². The summed E-state index contributed by atoms with van der Waals surface area (Å²) < 4.78 is 83.1. The van der Waals surface area contributed by atoms with Gasteiger partial charge in [0.2, 0.25) is 0 Å². The average molecular weight is 422 g/mol. The quantitative estimate of drug-likeness (QED) is 0.353. The third-order valence-corrected chi connectivity index (χ3v) is 4.49. The van der Waals surface area contributed by atoms with E-state index in [4.69, 9.17) is 4.52 Å². The lowest BCUT2D eigenvalue weighted by Gasteiger charge is -2.12. The van der Waals surface area contributed by atoms with E-state index in [2.05, 4.69) is 10.5 Å². The summed E-state index contributed by atoms with van der Waals surface area (Å²) >= 11 is 0. The van der Waals surface area contributed by atoms with E-state index in [1.807, 2.05) is 0 Å². The predicted octanol–water partition coefficient (Wildman–Crippen LogP) is 7.28. The van der Waals surface area contributed by atoms with Crippen LogP contribution in [0.3, 0.4) is 0 Å². The number of aromatic nitrogens is 1. The number of halogens is 6. The Morgan fingerprint density at radius 1 is 0.767 bits per heavy atom. The molecule has 0 saturated heterocycles. The molecule has 1 heterocycles. The molecule has 1 N–H and O–H groups in total. The third kappa shape index (κ3) is 3.83. The van der Waals surface area contributed by atoms with Gasteiger partial charge in [0, 0.05) is 5.69 Å². The van der Waals surface area contributed by atoms with E-state index < -0.39 is 23.5 Å². The van der Waals surface area contributed by atoms with Gasteiger partial charge in [0.1, 0.15) is 0 Å². The molecule has 4 aromatic rings. The first-order chi connectivity index (χ1) is 14.1.